The third-order valence-corrected chi connectivity index (χ3v) is 6.68. The average Bonchev–Trinajstić information content (AvgIpc) is 2.86. The molecule has 0 saturated heterocycles. The summed E-state index contributed by atoms with van der Waals surface area (Å²) in [6, 6.07) is 20.8. The third kappa shape index (κ3) is 5.71. The van der Waals surface area contributed by atoms with Gasteiger partial charge in [-0.05, 0) is 71.9 Å². The van der Waals surface area contributed by atoms with E-state index in [2.05, 4.69) is 41.7 Å². The van der Waals surface area contributed by atoms with Crippen molar-refractivity contribution >= 4 is 11.7 Å². The Labute approximate surface area is 201 Å². The molecule has 0 bridgehead atoms. The second-order valence-electron chi connectivity index (χ2n) is 8.92. The van der Waals surface area contributed by atoms with E-state index >= 15 is 0 Å². The lowest BCUT2D eigenvalue weighted by atomic mass is 9.79. The molecule has 0 aromatic heterocycles. The van der Waals surface area contributed by atoms with Crippen LogP contribution in [0.4, 0.5) is 5.69 Å². The van der Waals surface area contributed by atoms with Crippen molar-refractivity contribution in [2.45, 2.75) is 44.4 Å². The number of hydrogen-bond donors (Lipinski definition) is 2. The van der Waals surface area contributed by atoms with Crippen molar-refractivity contribution in [3.05, 3.63) is 88.5 Å². The fraction of sp³-hybridized carbons (Fsp3) is 0.345. The van der Waals surface area contributed by atoms with Gasteiger partial charge in [-0.25, -0.2) is 0 Å². The molecule has 1 atom stereocenters. The molecular formula is C29H33NO4. The molecule has 1 aliphatic carbocycles. The minimum atomic E-state index is -0.802. The zero-order valence-corrected chi connectivity index (χ0v) is 20.0. The van der Waals surface area contributed by atoms with Crippen molar-refractivity contribution in [1.29, 1.82) is 0 Å². The van der Waals surface area contributed by atoms with Crippen molar-refractivity contribution in [3.8, 4) is 11.5 Å². The number of fused-ring (bicyclic) bond motifs is 1. The van der Waals surface area contributed by atoms with Crippen molar-refractivity contribution in [3.63, 3.8) is 0 Å². The Balaban J connectivity index is 1.45. The van der Waals surface area contributed by atoms with Gasteiger partial charge in [0.05, 0.1) is 20.6 Å². The van der Waals surface area contributed by atoms with Crippen molar-refractivity contribution in [2.75, 3.05) is 26.1 Å². The predicted octanol–water partition coefficient (Wildman–Crippen LogP) is 5.65. The molecule has 4 rings (SSSR count). The first kappa shape index (κ1) is 23.7. The van der Waals surface area contributed by atoms with Crippen LogP contribution < -0.4 is 14.8 Å². The Morgan fingerprint density at radius 3 is 2.35 bits per heavy atom. The number of ether oxygens (including phenoxy) is 2. The lowest BCUT2D eigenvalue weighted by molar-refractivity contribution is -0.136. The Morgan fingerprint density at radius 1 is 0.971 bits per heavy atom. The van der Waals surface area contributed by atoms with Gasteiger partial charge in [-0.15, -0.1) is 0 Å². The molecule has 0 saturated carbocycles. The van der Waals surface area contributed by atoms with E-state index in [0.717, 1.165) is 61.4 Å². The number of rotatable bonds is 10. The van der Waals surface area contributed by atoms with Gasteiger partial charge in [0.2, 0.25) is 0 Å². The molecule has 3 aromatic rings. The Kier molecular flexibility index (Phi) is 7.73. The number of aliphatic carboxylic acids is 1. The van der Waals surface area contributed by atoms with Crippen molar-refractivity contribution in [1.82, 2.24) is 0 Å². The summed E-state index contributed by atoms with van der Waals surface area (Å²) in [4.78, 5) is 10.9. The normalized spacial score (nSPS) is 14.8. The van der Waals surface area contributed by atoms with Gasteiger partial charge in [0.15, 0.2) is 11.5 Å². The number of benzene rings is 3. The van der Waals surface area contributed by atoms with E-state index in [1.165, 1.54) is 22.3 Å². The minimum absolute atomic E-state index is 0.0650. The van der Waals surface area contributed by atoms with Crippen LogP contribution in [0.15, 0.2) is 60.7 Å². The molecule has 5 heteroatoms. The molecule has 0 radical (unpaired) electrons. The Hall–Kier alpha value is -3.47. The predicted molar refractivity (Wildman–Crippen MR) is 135 cm³/mol. The van der Waals surface area contributed by atoms with Gasteiger partial charge in [-0.2, -0.15) is 0 Å². The van der Waals surface area contributed by atoms with Crippen LogP contribution in [0.25, 0.3) is 0 Å². The fourth-order valence-electron chi connectivity index (χ4n) is 4.86. The molecule has 2 N–H and O–H groups in total. The molecule has 0 unspecified atom stereocenters. The number of anilines is 1. The van der Waals surface area contributed by atoms with Gasteiger partial charge in [0.25, 0.3) is 0 Å². The molecule has 34 heavy (non-hydrogen) atoms. The van der Waals surface area contributed by atoms with Crippen molar-refractivity contribution < 1.29 is 19.4 Å². The summed E-state index contributed by atoms with van der Waals surface area (Å²) in [6.07, 6.45) is 5.20. The maximum atomic E-state index is 10.9. The second kappa shape index (κ2) is 11.1. The lowest BCUT2D eigenvalue weighted by Gasteiger charge is -2.28. The molecule has 5 nitrogen and oxygen atoms in total. The van der Waals surface area contributed by atoms with Crippen LogP contribution in [-0.2, 0) is 30.5 Å². The highest BCUT2D eigenvalue weighted by molar-refractivity contribution is 5.70. The zero-order chi connectivity index (χ0) is 23.9. The molecule has 178 valence electrons. The molecule has 0 fully saturated rings. The zero-order valence-electron chi connectivity index (χ0n) is 20.0. The summed E-state index contributed by atoms with van der Waals surface area (Å²) in [5.74, 6) is 1.13. The minimum Gasteiger partial charge on any atom is -0.493 e. The van der Waals surface area contributed by atoms with E-state index in [-0.39, 0.29) is 6.42 Å². The van der Waals surface area contributed by atoms with E-state index in [0.29, 0.717) is 5.92 Å². The summed E-state index contributed by atoms with van der Waals surface area (Å²) in [6.45, 7) is 0.836. The van der Waals surface area contributed by atoms with Gasteiger partial charge < -0.3 is 19.9 Å². The summed E-state index contributed by atoms with van der Waals surface area (Å²) < 4.78 is 11.2. The van der Waals surface area contributed by atoms with Gasteiger partial charge >= 0.3 is 5.97 Å². The topological polar surface area (TPSA) is 67.8 Å². The molecule has 0 heterocycles. The van der Waals surface area contributed by atoms with Gasteiger partial charge in [-0.3, -0.25) is 4.79 Å². The van der Waals surface area contributed by atoms with Crippen LogP contribution in [0.1, 0.15) is 46.6 Å². The quantitative estimate of drug-likeness (QED) is 0.384. The molecular weight excluding hydrogens is 426 g/mol. The Morgan fingerprint density at radius 2 is 1.65 bits per heavy atom. The van der Waals surface area contributed by atoms with Crippen LogP contribution in [0.5, 0.6) is 11.5 Å². The maximum absolute atomic E-state index is 10.9. The highest BCUT2D eigenvalue weighted by Crippen LogP contribution is 2.41. The van der Waals surface area contributed by atoms with Gasteiger partial charge in [0, 0.05) is 18.3 Å². The molecule has 3 aromatic carbocycles. The smallest absolute Gasteiger partial charge is 0.307 e. The number of carbonyl (C=O) groups is 1. The summed E-state index contributed by atoms with van der Waals surface area (Å²) in [5, 5.41) is 12.6. The van der Waals surface area contributed by atoms with Crippen LogP contribution in [0.3, 0.4) is 0 Å². The molecule has 0 aliphatic heterocycles. The first-order valence-electron chi connectivity index (χ1n) is 11.9. The number of carboxylic acid groups (broad SMARTS) is 1. The van der Waals surface area contributed by atoms with E-state index in [9.17, 15) is 4.79 Å². The summed E-state index contributed by atoms with van der Waals surface area (Å²) >= 11 is 0. The maximum Gasteiger partial charge on any atom is 0.307 e. The number of carboxylic acids is 1. The highest BCUT2D eigenvalue weighted by atomic mass is 16.5. The van der Waals surface area contributed by atoms with E-state index in [1.54, 1.807) is 14.2 Å². The standard InChI is InChI=1S/C29H33NO4/c1-33-27-18-25(24-14-13-22-7-3-4-8-23(22)17-24)26(19-28(27)34-2)30-15-5-6-20-9-11-21(12-10-20)16-29(31)32/h3-4,7-12,18-19,24,30H,5-6,13-17H2,1-2H3,(H,31,32)/t24-/m0/s1. The fourth-order valence-corrected chi connectivity index (χ4v) is 4.86. The first-order chi connectivity index (χ1) is 16.6. The van der Waals surface area contributed by atoms with Crippen molar-refractivity contribution in [2.24, 2.45) is 0 Å². The van der Waals surface area contributed by atoms with Crippen LogP contribution in [0.2, 0.25) is 0 Å². The van der Waals surface area contributed by atoms with E-state index in [1.807, 2.05) is 24.3 Å². The highest BCUT2D eigenvalue weighted by Gasteiger charge is 2.24. The number of hydrogen-bond acceptors (Lipinski definition) is 4. The van der Waals surface area contributed by atoms with Crippen LogP contribution in [0, 0.1) is 0 Å². The summed E-state index contributed by atoms with van der Waals surface area (Å²) in [7, 11) is 3.36. The SMILES string of the molecule is COc1cc(NCCCc2ccc(CC(=O)O)cc2)c([C@H]2CCc3ccccc3C2)cc1OC. The molecule has 1 aliphatic rings. The molecule has 0 spiro atoms. The third-order valence-electron chi connectivity index (χ3n) is 6.68. The van der Waals surface area contributed by atoms with E-state index < -0.39 is 5.97 Å². The first-order valence-corrected chi connectivity index (χ1v) is 11.9. The van der Waals surface area contributed by atoms with Crippen LogP contribution in [-0.4, -0.2) is 31.8 Å². The molecule has 0 amide bonds. The largest absolute Gasteiger partial charge is 0.493 e. The van der Waals surface area contributed by atoms with E-state index in [4.69, 9.17) is 14.6 Å². The second-order valence-corrected chi connectivity index (χ2v) is 8.92. The number of aryl methyl sites for hydroxylation is 2. The number of nitrogens with one attached hydrogen (secondary N) is 1. The average molecular weight is 460 g/mol. The van der Waals surface area contributed by atoms with Gasteiger partial charge in [0.1, 0.15) is 0 Å². The summed E-state index contributed by atoms with van der Waals surface area (Å²) in [5.41, 5.74) is 7.34. The van der Waals surface area contributed by atoms with Crippen LogP contribution >= 0.6 is 0 Å². The monoisotopic (exact) mass is 459 g/mol. The Bertz CT molecular complexity index is 1120. The number of methoxy groups -OCH3 is 2. The van der Waals surface area contributed by atoms with Gasteiger partial charge in [-0.1, -0.05) is 48.5 Å². The lowest BCUT2D eigenvalue weighted by Crippen LogP contribution is -2.15.